The summed E-state index contributed by atoms with van der Waals surface area (Å²) in [7, 11) is 0. The summed E-state index contributed by atoms with van der Waals surface area (Å²) in [5.41, 5.74) is 5.55. The number of aliphatic hydroxyl groups excluding tert-OH is 1. The van der Waals surface area contributed by atoms with Crippen LogP contribution in [-0.4, -0.2) is 17.3 Å². The molecule has 0 bridgehead atoms. The fourth-order valence-electron chi connectivity index (χ4n) is 0.681. The second-order valence-corrected chi connectivity index (χ2v) is 2.55. The molecule has 0 spiro atoms. The van der Waals surface area contributed by atoms with Crippen molar-refractivity contribution in [3.63, 3.8) is 0 Å². The second-order valence-electron chi connectivity index (χ2n) is 2.55. The van der Waals surface area contributed by atoms with Crippen molar-refractivity contribution >= 4 is 0 Å². The quantitative estimate of drug-likeness (QED) is 0.595. The summed E-state index contributed by atoms with van der Waals surface area (Å²) < 4.78 is 0. The average Bonchev–Trinajstić information content (AvgIpc) is 1.82. The van der Waals surface area contributed by atoms with Crippen LogP contribution in [0.15, 0.2) is 0 Å². The van der Waals surface area contributed by atoms with Crippen molar-refractivity contribution < 1.29 is 5.11 Å². The molecular weight excluding hydrogens is 114 g/mol. The number of rotatable bonds is 4. The molecule has 0 aliphatic rings. The normalized spacial score (nSPS) is 17.3. The van der Waals surface area contributed by atoms with Crippen LogP contribution in [0.5, 0.6) is 0 Å². The van der Waals surface area contributed by atoms with E-state index in [9.17, 15) is 0 Å². The van der Waals surface area contributed by atoms with E-state index in [1.807, 2.05) is 0 Å². The minimum absolute atomic E-state index is 0.0232. The molecule has 0 aromatic rings. The highest BCUT2D eigenvalue weighted by Crippen LogP contribution is 2.00. The molecule has 0 saturated heterocycles. The first-order valence-corrected chi connectivity index (χ1v) is 3.62. The van der Waals surface area contributed by atoms with E-state index >= 15 is 0 Å². The third-order valence-electron chi connectivity index (χ3n) is 1.51. The number of hydrogen-bond acceptors (Lipinski definition) is 2. The van der Waals surface area contributed by atoms with Crippen LogP contribution in [0.4, 0.5) is 0 Å². The lowest BCUT2D eigenvalue weighted by Crippen LogP contribution is -2.31. The molecule has 0 aliphatic carbocycles. The summed E-state index contributed by atoms with van der Waals surface area (Å²) in [6.07, 6.45) is 2.86. The average molecular weight is 131 g/mol. The van der Waals surface area contributed by atoms with Gasteiger partial charge in [0.1, 0.15) is 0 Å². The van der Waals surface area contributed by atoms with Crippen molar-refractivity contribution in [1.82, 2.24) is 0 Å². The highest BCUT2D eigenvalue weighted by molar-refractivity contribution is 4.66. The third-order valence-corrected chi connectivity index (χ3v) is 1.51. The fraction of sp³-hybridized carbons (Fsp3) is 1.00. The number of hydrogen-bond donors (Lipinski definition) is 2. The fourth-order valence-corrected chi connectivity index (χ4v) is 0.681. The maximum absolute atomic E-state index is 8.92. The van der Waals surface area contributed by atoms with Gasteiger partial charge in [-0.25, -0.2) is 0 Å². The molecule has 0 rings (SSSR count). The summed E-state index contributed by atoms with van der Waals surface area (Å²) in [4.78, 5) is 0. The lowest BCUT2D eigenvalue weighted by Gasteiger charge is -2.12. The van der Waals surface area contributed by atoms with Gasteiger partial charge in [-0.2, -0.15) is 0 Å². The molecule has 56 valence electrons. The number of aliphatic hydroxyl groups is 1. The van der Waals surface area contributed by atoms with Crippen molar-refractivity contribution in [2.45, 2.75) is 45.3 Å². The van der Waals surface area contributed by atoms with E-state index in [1.54, 1.807) is 6.92 Å². The molecule has 0 aromatic carbocycles. The monoisotopic (exact) mass is 131 g/mol. The first-order chi connectivity index (χ1) is 4.18. The standard InChI is InChI=1S/C7H17NO/c1-3-4-5-7(8)6(2)9/h6-7,9H,3-5,8H2,1-2H3/t6?,7-/m0/s1. The molecule has 9 heavy (non-hydrogen) atoms. The van der Waals surface area contributed by atoms with Crippen LogP contribution in [0, 0.1) is 0 Å². The van der Waals surface area contributed by atoms with E-state index in [0.717, 1.165) is 19.3 Å². The van der Waals surface area contributed by atoms with E-state index in [4.69, 9.17) is 10.8 Å². The molecule has 0 fully saturated rings. The molecule has 0 aromatic heterocycles. The summed E-state index contributed by atoms with van der Waals surface area (Å²) in [6.45, 7) is 3.86. The van der Waals surface area contributed by atoms with Gasteiger partial charge in [-0.1, -0.05) is 19.8 Å². The van der Waals surface area contributed by atoms with E-state index in [-0.39, 0.29) is 12.1 Å². The van der Waals surface area contributed by atoms with Gasteiger partial charge in [-0.15, -0.1) is 0 Å². The van der Waals surface area contributed by atoms with Crippen molar-refractivity contribution in [1.29, 1.82) is 0 Å². The smallest absolute Gasteiger partial charge is 0.0662 e. The van der Waals surface area contributed by atoms with Gasteiger partial charge in [0, 0.05) is 6.04 Å². The SMILES string of the molecule is CCCC[C@H](N)C(C)O. The van der Waals surface area contributed by atoms with Gasteiger partial charge in [0.25, 0.3) is 0 Å². The molecule has 2 nitrogen and oxygen atoms in total. The Morgan fingerprint density at radius 1 is 1.56 bits per heavy atom. The molecule has 0 amide bonds. The van der Waals surface area contributed by atoms with Crippen LogP contribution in [-0.2, 0) is 0 Å². The first kappa shape index (κ1) is 8.92. The Balaban J connectivity index is 3.16. The lowest BCUT2D eigenvalue weighted by atomic mass is 10.1. The van der Waals surface area contributed by atoms with Crippen LogP contribution in [0.25, 0.3) is 0 Å². The Bertz CT molecular complexity index is 63.9. The maximum Gasteiger partial charge on any atom is 0.0662 e. The predicted molar refractivity (Wildman–Crippen MR) is 39.2 cm³/mol. The Kier molecular flexibility index (Phi) is 4.72. The Morgan fingerprint density at radius 2 is 2.11 bits per heavy atom. The largest absolute Gasteiger partial charge is 0.392 e. The third kappa shape index (κ3) is 4.43. The molecule has 0 aliphatic heterocycles. The van der Waals surface area contributed by atoms with E-state index in [2.05, 4.69) is 6.92 Å². The Labute approximate surface area is 57.1 Å². The van der Waals surface area contributed by atoms with E-state index in [1.165, 1.54) is 0 Å². The predicted octanol–water partition coefficient (Wildman–Crippen LogP) is 0.885. The maximum atomic E-state index is 8.92. The van der Waals surface area contributed by atoms with Crippen molar-refractivity contribution in [3.05, 3.63) is 0 Å². The topological polar surface area (TPSA) is 46.2 Å². The van der Waals surface area contributed by atoms with Crippen molar-refractivity contribution in [2.24, 2.45) is 5.73 Å². The first-order valence-electron chi connectivity index (χ1n) is 3.62. The van der Waals surface area contributed by atoms with Crippen LogP contribution in [0.2, 0.25) is 0 Å². The zero-order valence-corrected chi connectivity index (χ0v) is 6.30. The molecular formula is C7H17NO. The van der Waals surface area contributed by atoms with Gasteiger partial charge in [0.05, 0.1) is 6.10 Å². The zero-order valence-electron chi connectivity index (χ0n) is 6.30. The summed E-state index contributed by atoms with van der Waals surface area (Å²) in [5, 5.41) is 8.92. The Morgan fingerprint density at radius 3 is 2.44 bits per heavy atom. The van der Waals surface area contributed by atoms with Gasteiger partial charge in [-0.3, -0.25) is 0 Å². The van der Waals surface area contributed by atoms with Gasteiger partial charge >= 0.3 is 0 Å². The van der Waals surface area contributed by atoms with Gasteiger partial charge in [-0.05, 0) is 13.3 Å². The minimum atomic E-state index is -0.350. The number of unbranched alkanes of at least 4 members (excludes halogenated alkanes) is 1. The minimum Gasteiger partial charge on any atom is -0.392 e. The molecule has 3 N–H and O–H groups in total. The molecule has 0 saturated carbocycles. The van der Waals surface area contributed by atoms with Crippen LogP contribution in [0.1, 0.15) is 33.1 Å². The van der Waals surface area contributed by atoms with Gasteiger partial charge < -0.3 is 10.8 Å². The van der Waals surface area contributed by atoms with Crippen LogP contribution >= 0.6 is 0 Å². The van der Waals surface area contributed by atoms with Gasteiger partial charge in [0.2, 0.25) is 0 Å². The molecule has 2 atom stereocenters. The summed E-state index contributed by atoms with van der Waals surface area (Å²) >= 11 is 0. The van der Waals surface area contributed by atoms with Crippen molar-refractivity contribution in [3.8, 4) is 0 Å². The summed E-state index contributed by atoms with van der Waals surface area (Å²) in [6, 6.07) is -0.0232. The highest BCUT2D eigenvalue weighted by atomic mass is 16.3. The number of nitrogens with two attached hydrogens (primary N) is 1. The van der Waals surface area contributed by atoms with E-state index in [0.29, 0.717) is 0 Å². The highest BCUT2D eigenvalue weighted by Gasteiger charge is 2.06. The Hall–Kier alpha value is -0.0800. The summed E-state index contributed by atoms with van der Waals surface area (Å²) in [5.74, 6) is 0. The molecule has 0 heterocycles. The van der Waals surface area contributed by atoms with E-state index < -0.39 is 0 Å². The lowest BCUT2D eigenvalue weighted by molar-refractivity contribution is 0.158. The van der Waals surface area contributed by atoms with Gasteiger partial charge in [0.15, 0.2) is 0 Å². The second kappa shape index (κ2) is 4.77. The zero-order chi connectivity index (χ0) is 7.28. The van der Waals surface area contributed by atoms with Crippen molar-refractivity contribution in [2.75, 3.05) is 0 Å². The molecule has 2 heteroatoms. The molecule has 0 radical (unpaired) electrons. The van der Waals surface area contributed by atoms with Crippen LogP contribution < -0.4 is 5.73 Å². The van der Waals surface area contributed by atoms with Crippen LogP contribution in [0.3, 0.4) is 0 Å². The molecule has 1 unspecified atom stereocenters.